The fourth-order valence-corrected chi connectivity index (χ4v) is 2.88. The predicted octanol–water partition coefficient (Wildman–Crippen LogP) is 3.72. The molecule has 0 bridgehead atoms. The normalized spacial score (nSPS) is 10.2. The molecule has 0 heterocycles. The van der Waals surface area contributed by atoms with Crippen molar-refractivity contribution in [2.24, 2.45) is 0 Å². The minimum absolute atomic E-state index is 0.0924. The zero-order chi connectivity index (χ0) is 20.6. The molecule has 0 aliphatic carbocycles. The molecule has 2 N–H and O–H groups in total. The standard InChI is InChI=1S/C24H22N2O3/c1-17(27)21-8-5-9-22(16-21)24(29)26-15-14-25-23(28)20-12-10-19(11-13-20)18-6-3-2-4-7-18/h2-13,16H,14-15H2,1H3,(H,25,28)(H,26,29). The van der Waals surface area contributed by atoms with Gasteiger partial charge in [0, 0.05) is 29.8 Å². The summed E-state index contributed by atoms with van der Waals surface area (Å²) in [5.74, 6) is -0.572. The summed E-state index contributed by atoms with van der Waals surface area (Å²) in [6.07, 6.45) is 0. The number of amides is 2. The third-order valence-electron chi connectivity index (χ3n) is 4.48. The third kappa shape index (κ3) is 5.39. The minimum Gasteiger partial charge on any atom is -0.350 e. The van der Waals surface area contributed by atoms with Crippen molar-refractivity contribution in [3.05, 3.63) is 95.6 Å². The van der Waals surface area contributed by atoms with E-state index >= 15 is 0 Å². The van der Waals surface area contributed by atoms with Crippen LogP contribution in [0.1, 0.15) is 38.0 Å². The molecule has 29 heavy (non-hydrogen) atoms. The fraction of sp³-hybridized carbons (Fsp3) is 0.125. The summed E-state index contributed by atoms with van der Waals surface area (Å²) in [5.41, 5.74) is 3.61. The van der Waals surface area contributed by atoms with Crippen LogP contribution in [0, 0.1) is 0 Å². The highest BCUT2D eigenvalue weighted by Crippen LogP contribution is 2.19. The summed E-state index contributed by atoms with van der Waals surface area (Å²) in [6.45, 7) is 2.05. The number of carbonyl (C=O) groups excluding carboxylic acids is 3. The molecule has 0 aliphatic heterocycles. The van der Waals surface area contributed by atoms with E-state index in [2.05, 4.69) is 10.6 Å². The topological polar surface area (TPSA) is 75.3 Å². The van der Waals surface area contributed by atoms with Gasteiger partial charge < -0.3 is 10.6 Å². The van der Waals surface area contributed by atoms with Crippen LogP contribution >= 0.6 is 0 Å². The van der Waals surface area contributed by atoms with Gasteiger partial charge in [-0.25, -0.2) is 0 Å². The van der Waals surface area contributed by atoms with Crippen LogP contribution in [0.2, 0.25) is 0 Å². The first-order chi connectivity index (χ1) is 14.0. The van der Waals surface area contributed by atoms with Gasteiger partial charge in [-0.15, -0.1) is 0 Å². The Kier molecular flexibility index (Phi) is 6.53. The summed E-state index contributed by atoms with van der Waals surface area (Å²) >= 11 is 0. The number of rotatable bonds is 7. The molecule has 146 valence electrons. The lowest BCUT2D eigenvalue weighted by molar-refractivity contribution is 0.0927. The van der Waals surface area contributed by atoms with E-state index in [0.717, 1.165) is 11.1 Å². The molecule has 0 aromatic heterocycles. The van der Waals surface area contributed by atoms with Gasteiger partial charge in [-0.2, -0.15) is 0 Å². The van der Waals surface area contributed by atoms with Gasteiger partial charge in [0.1, 0.15) is 0 Å². The second kappa shape index (κ2) is 9.46. The van der Waals surface area contributed by atoms with E-state index in [1.54, 1.807) is 36.4 Å². The molecule has 0 atom stereocenters. The Balaban J connectivity index is 1.48. The summed E-state index contributed by atoms with van der Waals surface area (Å²) < 4.78 is 0. The van der Waals surface area contributed by atoms with E-state index in [9.17, 15) is 14.4 Å². The average molecular weight is 386 g/mol. The second-order valence-electron chi connectivity index (χ2n) is 6.59. The fourth-order valence-electron chi connectivity index (χ4n) is 2.88. The van der Waals surface area contributed by atoms with E-state index in [0.29, 0.717) is 23.2 Å². The molecule has 5 heteroatoms. The van der Waals surface area contributed by atoms with E-state index in [1.165, 1.54) is 6.92 Å². The maximum atomic E-state index is 12.3. The number of hydrogen-bond donors (Lipinski definition) is 2. The number of carbonyl (C=O) groups is 3. The van der Waals surface area contributed by atoms with E-state index < -0.39 is 0 Å². The molecule has 0 spiro atoms. The average Bonchev–Trinajstić information content (AvgIpc) is 2.77. The molecule has 0 aliphatic rings. The van der Waals surface area contributed by atoms with Crippen LogP contribution < -0.4 is 10.6 Å². The lowest BCUT2D eigenvalue weighted by Gasteiger charge is -2.08. The van der Waals surface area contributed by atoms with Crippen LogP contribution in [0.4, 0.5) is 0 Å². The molecule has 3 aromatic rings. The van der Waals surface area contributed by atoms with Crippen LogP contribution in [0.25, 0.3) is 11.1 Å². The van der Waals surface area contributed by atoms with Gasteiger partial charge >= 0.3 is 0 Å². The lowest BCUT2D eigenvalue weighted by atomic mass is 10.0. The summed E-state index contributed by atoms with van der Waals surface area (Å²) in [7, 11) is 0. The van der Waals surface area contributed by atoms with Gasteiger partial charge in [-0.3, -0.25) is 14.4 Å². The van der Waals surface area contributed by atoms with E-state index in [-0.39, 0.29) is 24.1 Å². The van der Waals surface area contributed by atoms with Gasteiger partial charge in [-0.1, -0.05) is 54.6 Å². The lowest BCUT2D eigenvalue weighted by Crippen LogP contribution is -2.34. The van der Waals surface area contributed by atoms with Gasteiger partial charge in [0.25, 0.3) is 11.8 Å². The SMILES string of the molecule is CC(=O)c1cccc(C(=O)NCCNC(=O)c2ccc(-c3ccccc3)cc2)c1. The van der Waals surface area contributed by atoms with Crippen molar-refractivity contribution >= 4 is 17.6 Å². The highest BCUT2D eigenvalue weighted by molar-refractivity contribution is 5.99. The van der Waals surface area contributed by atoms with Crippen molar-refractivity contribution in [3.63, 3.8) is 0 Å². The molecular weight excluding hydrogens is 364 g/mol. The Morgan fingerprint density at radius 3 is 1.79 bits per heavy atom. The number of nitrogens with one attached hydrogen (secondary N) is 2. The smallest absolute Gasteiger partial charge is 0.251 e. The molecule has 0 radical (unpaired) electrons. The molecule has 0 fully saturated rings. The van der Waals surface area contributed by atoms with Gasteiger partial charge in [0.15, 0.2) is 5.78 Å². The Morgan fingerprint density at radius 2 is 1.17 bits per heavy atom. The van der Waals surface area contributed by atoms with Crippen molar-refractivity contribution < 1.29 is 14.4 Å². The van der Waals surface area contributed by atoms with Crippen LogP contribution in [0.3, 0.4) is 0 Å². The van der Waals surface area contributed by atoms with Crippen LogP contribution in [-0.2, 0) is 0 Å². The number of ketones is 1. The van der Waals surface area contributed by atoms with Crippen molar-refractivity contribution in [2.45, 2.75) is 6.92 Å². The monoisotopic (exact) mass is 386 g/mol. The number of Topliss-reactive ketones (excluding diaryl/α,β-unsaturated/α-hetero) is 1. The summed E-state index contributed by atoms with van der Waals surface area (Å²) in [4.78, 5) is 35.8. The molecule has 0 saturated heterocycles. The van der Waals surface area contributed by atoms with E-state index in [1.807, 2.05) is 42.5 Å². The Morgan fingerprint density at radius 1 is 0.621 bits per heavy atom. The highest BCUT2D eigenvalue weighted by atomic mass is 16.2. The maximum absolute atomic E-state index is 12.3. The van der Waals surface area contributed by atoms with Gasteiger partial charge in [0.2, 0.25) is 0 Å². The molecule has 3 rings (SSSR count). The molecule has 2 amide bonds. The van der Waals surface area contributed by atoms with Crippen molar-refractivity contribution in [2.75, 3.05) is 13.1 Å². The Hall–Kier alpha value is -3.73. The van der Waals surface area contributed by atoms with Gasteiger partial charge in [0.05, 0.1) is 0 Å². The van der Waals surface area contributed by atoms with Crippen LogP contribution in [-0.4, -0.2) is 30.7 Å². The molecule has 0 saturated carbocycles. The molecule has 5 nitrogen and oxygen atoms in total. The highest BCUT2D eigenvalue weighted by Gasteiger charge is 2.09. The first-order valence-corrected chi connectivity index (χ1v) is 9.37. The van der Waals surface area contributed by atoms with Crippen LogP contribution in [0.5, 0.6) is 0 Å². The summed E-state index contributed by atoms with van der Waals surface area (Å²) in [6, 6.07) is 23.9. The second-order valence-corrected chi connectivity index (χ2v) is 6.59. The third-order valence-corrected chi connectivity index (χ3v) is 4.48. The quantitative estimate of drug-likeness (QED) is 0.480. The first kappa shape index (κ1) is 20.0. The Bertz CT molecular complexity index is 1010. The zero-order valence-electron chi connectivity index (χ0n) is 16.1. The molecule has 3 aromatic carbocycles. The van der Waals surface area contributed by atoms with Gasteiger partial charge in [-0.05, 0) is 42.3 Å². The predicted molar refractivity (Wildman–Crippen MR) is 113 cm³/mol. The molecule has 0 unspecified atom stereocenters. The minimum atomic E-state index is -0.283. The largest absolute Gasteiger partial charge is 0.350 e. The summed E-state index contributed by atoms with van der Waals surface area (Å²) in [5, 5.41) is 5.52. The number of benzene rings is 3. The maximum Gasteiger partial charge on any atom is 0.251 e. The van der Waals surface area contributed by atoms with Crippen molar-refractivity contribution in [1.29, 1.82) is 0 Å². The van der Waals surface area contributed by atoms with Crippen molar-refractivity contribution in [3.8, 4) is 11.1 Å². The van der Waals surface area contributed by atoms with Crippen molar-refractivity contribution in [1.82, 2.24) is 10.6 Å². The zero-order valence-corrected chi connectivity index (χ0v) is 16.1. The van der Waals surface area contributed by atoms with Crippen LogP contribution in [0.15, 0.2) is 78.9 Å². The molecular formula is C24H22N2O3. The number of hydrogen-bond acceptors (Lipinski definition) is 3. The Labute approximate surface area is 169 Å². The van der Waals surface area contributed by atoms with E-state index in [4.69, 9.17) is 0 Å². The first-order valence-electron chi connectivity index (χ1n) is 9.37.